The lowest BCUT2D eigenvalue weighted by Gasteiger charge is -2.25. The number of nitrogens with one attached hydrogen (secondary N) is 1. The molecule has 0 aliphatic carbocycles. The fraction of sp³-hybridized carbons (Fsp3) is 0.294. The first-order valence-electron chi connectivity index (χ1n) is 6.91. The van der Waals surface area contributed by atoms with Crippen LogP contribution in [0.4, 0.5) is 5.69 Å². The molecule has 0 aromatic heterocycles. The minimum absolute atomic E-state index is 0.0523. The van der Waals surface area contributed by atoms with Crippen LogP contribution in [-0.2, 0) is 0 Å². The molecule has 112 valence electrons. The zero-order valence-electron chi connectivity index (χ0n) is 12.2. The maximum absolute atomic E-state index is 9.51. The first kappa shape index (κ1) is 15.9. The molecule has 0 unspecified atom stereocenters. The van der Waals surface area contributed by atoms with Gasteiger partial charge in [-0.05, 0) is 42.0 Å². The van der Waals surface area contributed by atoms with Gasteiger partial charge in [-0.3, -0.25) is 0 Å². The number of methoxy groups -OCH3 is 1. The van der Waals surface area contributed by atoms with Gasteiger partial charge in [-0.2, -0.15) is 0 Å². The number of aliphatic hydroxyl groups excluding tert-OH is 1. The van der Waals surface area contributed by atoms with Crippen molar-refractivity contribution in [2.45, 2.75) is 13.0 Å². The van der Waals surface area contributed by atoms with Crippen LogP contribution in [0.25, 0.3) is 0 Å². The Morgan fingerprint density at radius 3 is 2.24 bits per heavy atom. The van der Waals surface area contributed by atoms with Gasteiger partial charge < -0.3 is 15.2 Å². The standard InChI is InChI=1S/C17H20BrNO2/c1-12(11-20)17(13-3-5-14(18)6-4-13)19-15-7-9-16(21-2)10-8-15/h3-10,12,17,19-20H,11H2,1-2H3/t12-,17-/m1/s1. The highest BCUT2D eigenvalue weighted by atomic mass is 79.9. The van der Waals surface area contributed by atoms with Crippen molar-refractivity contribution in [3.63, 3.8) is 0 Å². The van der Waals surface area contributed by atoms with Crippen LogP contribution in [0.2, 0.25) is 0 Å². The smallest absolute Gasteiger partial charge is 0.119 e. The normalized spacial score (nSPS) is 13.5. The van der Waals surface area contributed by atoms with Crippen LogP contribution in [0.15, 0.2) is 53.0 Å². The number of ether oxygens (including phenoxy) is 1. The number of hydrogen-bond donors (Lipinski definition) is 2. The van der Waals surface area contributed by atoms with Gasteiger partial charge in [0.25, 0.3) is 0 Å². The van der Waals surface area contributed by atoms with Gasteiger partial charge >= 0.3 is 0 Å². The Balaban J connectivity index is 2.21. The van der Waals surface area contributed by atoms with E-state index in [1.807, 2.05) is 43.3 Å². The van der Waals surface area contributed by atoms with E-state index in [9.17, 15) is 5.11 Å². The average molecular weight is 350 g/mol. The fourth-order valence-electron chi connectivity index (χ4n) is 2.20. The van der Waals surface area contributed by atoms with Crippen LogP contribution in [0, 0.1) is 5.92 Å². The van der Waals surface area contributed by atoms with Crippen molar-refractivity contribution in [1.29, 1.82) is 0 Å². The quantitative estimate of drug-likeness (QED) is 0.819. The minimum atomic E-state index is 0.0523. The first-order valence-corrected chi connectivity index (χ1v) is 7.70. The molecule has 4 heteroatoms. The van der Waals surface area contributed by atoms with Crippen LogP contribution < -0.4 is 10.1 Å². The zero-order chi connectivity index (χ0) is 15.2. The van der Waals surface area contributed by atoms with E-state index in [0.717, 1.165) is 21.5 Å². The molecule has 0 saturated carbocycles. The number of rotatable bonds is 6. The molecule has 0 aliphatic heterocycles. The Labute approximate surface area is 134 Å². The van der Waals surface area contributed by atoms with Gasteiger partial charge in [0.2, 0.25) is 0 Å². The molecule has 0 fully saturated rings. The van der Waals surface area contributed by atoms with Crippen LogP contribution in [-0.4, -0.2) is 18.8 Å². The molecule has 0 spiro atoms. The summed E-state index contributed by atoms with van der Waals surface area (Å²) in [5.74, 6) is 0.934. The number of anilines is 1. The Hall–Kier alpha value is -1.52. The zero-order valence-corrected chi connectivity index (χ0v) is 13.8. The lowest BCUT2D eigenvalue weighted by Crippen LogP contribution is -2.21. The molecular formula is C17H20BrNO2. The topological polar surface area (TPSA) is 41.5 Å². The third-order valence-electron chi connectivity index (χ3n) is 3.50. The number of hydrogen-bond acceptors (Lipinski definition) is 3. The Bertz CT molecular complexity index is 554. The summed E-state index contributed by atoms with van der Waals surface area (Å²) >= 11 is 3.45. The van der Waals surface area contributed by atoms with Gasteiger partial charge in [0.15, 0.2) is 0 Å². The van der Waals surface area contributed by atoms with Crippen molar-refractivity contribution in [3.8, 4) is 5.75 Å². The molecule has 0 aliphatic rings. The van der Waals surface area contributed by atoms with Crippen LogP contribution in [0.1, 0.15) is 18.5 Å². The van der Waals surface area contributed by atoms with Crippen molar-refractivity contribution in [1.82, 2.24) is 0 Å². The number of benzene rings is 2. The molecular weight excluding hydrogens is 330 g/mol. The molecule has 21 heavy (non-hydrogen) atoms. The Kier molecular flexibility index (Phi) is 5.65. The SMILES string of the molecule is COc1ccc(N[C@@H](c2ccc(Br)cc2)[C@H](C)CO)cc1. The highest BCUT2D eigenvalue weighted by molar-refractivity contribution is 9.10. The second kappa shape index (κ2) is 7.48. The van der Waals surface area contributed by atoms with E-state index in [1.54, 1.807) is 7.11 Å². The van der Waals surface area contributed by atoms with E-state index in [0.29, 0.717) is 0 Å². The molecule has 0 bridgehead atoms. The summed E-state index contributed by atoms with van der Waals surface area (Å²) in [7, 11) is 1.65. The summed E-state index contributed by atoms with van der Waals surface area (Å²) < 4.78 is 6.21. The molecule has 2 aromatic rings. The highest BCUT2D eigenvalue weighted by Crippen LogP contribution is 2.28. The van der Waals surface area contributed by atoms with Crippen molar-refractivity contribution < 1.29 is 9.84 Å². The monoisotopic (exact) mass is 349 g/mol. The molecule has 0 amide bonds. The molecule has 2 rings (SSSR count). The largest absolute Gasteiger partial charge is 0.497 e. The van der Waals surface area contributed by atoms with Gasteiger partial charge in [0.1, 0.15) is 5.75 Å². The summed E-state index contributed by atoms with van der Waals surface area (Å²) in [6.45, 7) is 2.16. The Morgan fingerprint density at radius 1 is 1.10 bits per heavy atom. The van der Waals surface area contributed by atoms with Crippen molar-refractivity contribution in [2.75, 3.05) is 19.0 Å². The number of aliphatic hydroxyl groups is 1. The average Bonchev–Trinajstić information content (AvgIpc) is 2.53. The summed E-state index contributed by atoms with van der Waals surface area (Å²) in [6.07, 6.45) is 0. The fourth-order valence-corrected chi connectivity index (χ4v) is 2.46. The van der Waals surface area contributed by atoms with E-state index in [-0.39, 0.29) is 18.6 Å². The summed E-state index contributed by atoms with van der Waals surface area (Å²) in [5, 5.41) is 13.0. The van der Waals surface area contributed by atoms with Gasteiger partial charge in [-0.15, -0.1) is 0 Å². The van der Waals surface area contributed by atoms with Gasteiger partial charge in [-0.1, -0.05) is 35.0 Å². The number of halogens is 1. The third kappa shape index (κ3) is 4.22. The van der Waals surface area contributed by atoms with Crippen molar-refractivity contribution in [2.24, 2.45) is 5.92 Å². The first-order chi connectivity index (χ1) is 10.1. The van der Waals surface area contributed by atoms with E-state index >= 15 is 0 Å². The van der Waals surface area contributed by atoms with E-state index in [2.05, 4.69) is 33.4 Å². The lowest BCUT2D eigenvalue weighted by molar-refractivity contribution is 0.222. The molecule has 2 N–H and O–H groups in total. The molecule has 0 radical (unpaired) electrons. The molecule has 0 heterocycles. The maximum Gasteiger partial charge on any atom is 0.119 e. The molecule has 0 saturated heterocycles. The Morgan fingerprint density at radius 2 is 1.71 bits per heavy atom. The summed E-state index contributed by atoms with van der Waals surface area (Å²) in [6, 6.07) is 16.0. The van der Waals surface area contributed by atoms with Crippen LogP contribution in [0.5, 0.6) is 5.75 Å². The maximum atomic E-state index is 9.51. The van der Waals surface area contributed by atoms with Crippen molar-refractivity contribution in [3.05, 3.63) is 58.6 Å². The summed E-state index contributed by atoms with van der Waals surface area (Å²) in [5.41, 5.74) is 2.15. The third-order valence-corrected chi connectivity index (χ3v) is 4.03. The van der Waals surface area contributed by atoms with Crippen LogP contribution >= 0.6 is 15.9 Å². The summed E-state index contributed by atoms with van der Waals surface area (Å²) in [4.78, 5) is 0. The van der Waals surface area contributed by atoms with E-state index in [4.69, 9.17) is 4.74 Å². The molecule has 3 nitrogen and oxygen atoms in total. The van der Waals surface area contributed by atoms with Gasteiger partial charge in [0.05, 0.1) is 13.2 Å². The predicted molar refractivity (Wildman–Crippen MR) is 89.7 cm³/mol. The van der Waals surface area contributed by atoms with E-state index in [1.165, 1.54) is 0 Å². The van der Waals surface area contributed by atoms with Crippen LogP contribution in [0.3, 0.4) is 0 Å². The second-order valence-electron chi connectivity index (χ2n) is 5.06. The predicted octanol–water partition coefficient (Wildman–Crippen LogP) is 4.24. The minimum Gasteiger partial charge on any atom is -0.497 e. The van der Waals surface area contributed by atoms with Gasteiger partial charge in [0, 0.05) is 22.7 Å². The molecule has 2 aromatic carbocycles. The van der Waals surface area contributed by atoms with Crippen molar-refractivity contribution >= 4 is 21.6 Å². The molecule has 2 atom stereocenters. The van der Waals surface area contributed by atoms with Gasteiger partial charge in [-0.25, -0.2) is 0 Å². The highest BCUT2D eigenvalue weighted by Gasteiger charge is 2.18. The lowest BCUT2D eigenvalue weighted by atomic mass is 9.95. The van der Waals surface area contributed by atoms with E-state index < -0.39 is 0 Å². The second-order valence-corrected chi connectivity index (χ2v) is 5.98.